The third-order valence-electron chi connectivity index (χ3n) is 0. The van der Waals surface area contributed by atoms with Gasteiger partial charge in [0.05, 0.1) is 0 Å². The molecule has 5 heteroatoms. The normalized spacial score (nSPS) is 0. The van der Waals surface area contributed by atoms with Crippen molar-refractivity contribution in [2.45, 2.75) is 0 Å². The van der Waals surface area contributed by atoms with Crippen molar-refractivity contribution in [1.29, 1.82) is 0 Å². The molecule has 20 valence electrons. The zero-order chi connectivity index (χ0) is 0. The second-order valence-electron chi connectivity index (χ2n) is 0. The van der Waals surface area contributed by atoms with Crippen LogP contribution in [0.15, 0.2) is 0 Å². The molecule has 0 bridgehead atoms. The summed E-state index contributed by atoms with van der Waals surface area (Å²) in [6.45, 7) is 0. The van der Waals surface area contributed by atoms with Gasteiger partial charge in [0.2, 0.25) is 0 Å². The van der Waals surface area contributed by atoms with Gasteiger partial charge in [0.25, 0.3) is 0 Å². The maximum atomic E-state index is 0. The van der Waals surface area contributed by atoms with Gasteiger partial charge < -0.3 is 0 Å². The van der Waals surface area contributed by atoms with Crippen molar-refractivity contribution in [3.8, 4) is 0 Å². The maximum absolute atomic E-state index is 0. The molecular formula is AgCeLiMgZn. The molecule has 0 atom stereocenters. The first kappa shape index (κ1) is 35.5. The summed E-state index contributed by atoms with van der Waals surface area (Å²) in [4.78, 5) is 0. The van der Waals surface area contributed by atoms with Crippen LogP contribution in [0.3, 0.4) is 0 Å². The topological polar surface area (TPSA) is 0 Å². The second-order valence-corrected chi connectivity index (χ2v) is 0. The molecule has 0 heterocycles. The Morgan fingerprint density at radius 1 is 1.00 bits per heavy atom. The van der Waals surface area contributed by atoms with Crippen molar-refractivity contribution in [3.05, 3.63) is 0 Å². The van der Waals surface area contributed by atoms with E-state index >= 15 is 0 Å². The average Bonchev–Trinajstić information content (AvgIpc) is 0. The van der Waals surface area contributed by atoms with Crippen LogP contribution in [0.2, 0.25) is 0 Å². The first-order chi connectivity index (χ1) is 0. The van der Waals surface area contributed by atoms with E-state index in [1.165, 1.54) is 0 Å². The second kappa shape index (κ2) is 24.3. The molecule has 0 aliphatic carbocycles. The molecule has 0 unspecified atom stereocenters. The third-order valence-corrected chi connectivity index (χ3v) is 0. The summed E-state index contributed by atoms with van der Waals surface area (Å²) in [6.07, 6.45) is 0. The summed E-state index contributed by atoms with van der Waals surface area (Å²) in [6, 6.07) is 0. The number of hydrogen-bond donors (Lipinski definition) is 0. The van der Waals surface area contributed by atoms with Gasteiger partial charge in [0.15, 0.2) is 0 Å². The summed E-state index contributed by atoms with van der Waals surface area (Å²) in [5.41, 5.74) is 0. The Balaban J connectivity index is 0. The molecule has 0 saturated carbocycles. The Hall–Kier alpha value is 4.10. The Morgan fingerprint density at radius 2 is 1.00 bits per heavy atom. The van der Waals surface area contributed by atoms with E-state index in [1.54, 1.807) is 0 Å². The van der Waals surface area contributed by atoms with Crippen molar-refractivity contribution >= 4 is 41.9 Å². The van der Waals surface area contributed by atoms with E-state index in [2.05, 4.69) is 0 Å². The molecule has 0 aromatic heterocycles. The first-order valence-electron chi connectivity index (χ1n) is 0. The largest absolute Gasteiger partial charge is 0 e. The van der Waals surface area contributed by atoms with Crippen LogP contribution >= 0.6 is 0 Å². The molecule has 5 heavy (non-hydrogen) atoms. The zero-order valence-corrected chi connectivity index (χ0v) is 12.2. The maximum Gasteiger partial charge on any atom is 0 e. The monoisotopic (exact) mass is 342 g/mol. The van der Waals surface area contributed by atoms with Crippen LogP contribution in [0.5, 0.6) is 0 Å². The van der Waals surface area contributed by atoms with Crippen LogP contribution in [0.25, 0.3) is 0 Å². The smallest absolute Gasteiger partial charge is 0 e. The van der Waals surface area contributed by atoms with Crippen LogP contribution in [-0.4, -0.2) is 41.9 Å². The van der Waals surface area contributed by atoms with E-state index in [9.17, 15) is 0 Å². The fourth-order valence-corrected chi connectivity index (χ4v) is 0. The predicted octanol–water partition coefficient (Wildman–Crippen LogP) is -0.767. The van der Waals surface area contributed by atoms with Gasteiger partial charge in [-0.1, -0.05) is 0 Å². The minimum absolute atomic E-state index is 0. The van der Waals surface area contributed by atoms with Crippen molar-refractivity contribution in [2.75, 3.05) is 0 Å². The molecule has 0 saturated heterocycles. The van der Waals surface area contributed by atoms with Crippen molar-refractivity contribution in [1.82, 2.24) is 0 Å². The van der Waals surface area contributed by atoms with Crippen molar-refractivity contribution in [3.63, 3.8) is 0 Å². The SMILES string of the molecule is [Ag].[Ce].[Li].[Mg].[Zn]. The van der Waals surface area contributed by atoms with Gasteiger partial charge >= 0.3 is 0 Å². The first-order valence-corrected chi connectivity index (χ1v) is 0. The molecular weight excluding hydrogens is 345 g/mol. The molecule has 0 aliphatic rings. The van der Waals surface area contributed by atoms with Gasteiger partial charge in [-0.05, 0) is 0 Å². The van der Waals surface area contributed by atoms with Crippen LogP contribution in [0, 0.1) is 41.7 Å². The standard InChI is InChI=1S/Ag.Ce.Li.Mg.Zn. The predicted molar refractivity (Wildman–Crippen MR) is 11.5 cm³/mol. The van der Waals surface area contributed by atoms with E-state index in [4.69, 9.17) is 0 Å². The van der Waals surface area contributed by atoms with Gasteiger partial charge in [-0.25, -0.2) is 0 Å². The van der Waals surface area contributed by atoms with Gasteiger partial charge in [0, 0.05) is 126 Å². The molecule has 0 fully saturated rings. The average molecular weight is 345 g/mol. The summed E-state index contributed by atoms with van der Waals surface area (Å²) in [5, 5.41) is 0. The molecule has 0 N–H and O–H groups in total. The number of rotatable bonds is 0. The van der Waals surface area contributed by atoms with E-state index in [0.29, 0.717) is 0 Å². The van der Waals surface area contributed by atoms with E-state index in [-0.39, 0.29) is 126 Å². The molecule has 4 radical (unpaired) electrons. The molecule has 0 spiro atoms. The minimum atomic E-state index is 0. The van der Waals surface area contributed by atoms with E-state index < -0.39 is 0 Å². The van der Waals surface area contributed by atoms with Gasteiger partial charge in [0.1, 0.15) is 0 Å². The third kappa shape index (κ3) is 17.9. The van der Waals surface area contributed by atoms with Crippen molar-refractivity contribution in [2.24, 2.45) is 0 Å². The molecule has 0 aromatic carbocycles. The zero-order valence-electron chi connectivity index (χ0n) is 3.22. The molecule has 0 rings (SSSR count). The summed E-state index contributed by atoms with van der Waals surface area (Å²) >= 11 is 0. The van der Waals surface area contributed by atoms with Crippen LogP contribution in [-0.2, 0) is 41.9 Å². The van der Waals surface area contributed by atoms with Crippen LogP contribution < -0.4 is 0 Å². The fraction of sp³-hybridized carbons (Fsp3) is 0. The van der Waals surface area contributed by atoms with E-state index in [0.717, 1.165) is 0 Å². The number of hydrogen-bond acceptors (Lipinski definition) is 0. The summed E-state index contributed by atoms with van der Waals surface area (Å²) < 4.78 is 0. The van der Waals surface area contributed by atoms with Crippen molar-refractivity contribution < 1.29 is 83.6 Å². The molecule has 0 amide bonds. The van der Waals surface area contributed by atoms with Crippen LogP contribution in [0.1, 0.15) is 0 Å². The Morgan fingerprint density at radius 3 is 1.00 bits per heavy atom. The Labute approximate surface area is 122 Å². The Kier molecular flexibility index (Phi) is 172. The van der Waals surface area contributed by atoms with Gasteiger partial charge in [-0.2, -0.15) is 0 Å². The summed E-state index contributed by atoms with van der Waals surface area (Å²) in [7, 11) is 0. The molecule has 0 aliphatic heterocycles. The van der Waals surface area contributed by atoms with Gasteiger partial charge in [-0.3, -0.25) is 0 Å². The van der Waals surface area contributed by atoms with E-state index in [1.807, 2.05) is 0 Å². The quantitative estimate of drug-likeness (QED) is 0.507. The Bertz CT molecular complexity index is 11.6. The van der Waals surface area contributed by atoms with Crippen LogP contribution in [0.4, 0.5) is 0 Å². The fourth-order valence-electron chi connectivity index (χ4n) is 0. The minimum Gasteiger partial charge on any atom is 0 e. The molecule has 0 aromatic rings. The molecule has 0 nitrogen and oxygen atoms in total. The summed E-state index contributed by atoms with van der Waals surface area (Å²) in [5.74, 6) is 0. The van der Waals surface area contributed by atoms with Gasteiger partial charge in [-0.15, -0.1) is 0 Å².